The summed E-state index contributed by atoms with van der Waals surface area (Å²) in [5.74, 6) is -1.28. The summed E-state index contributed by atoms with van der Waals surface area (Å²) in [6.07, 6.45) is 1.36. The molecule has 0 aliphatic carbocycles. The first kappa shape index (κ1) is 19.8. The van der Waals surface area contributed by atoms with Crippen LogP contribution < -0.4 is 10.1 Å². The van der Waals surface area contributed by atoms with E-state index in [2.05, 4.69) is 5.32 Å². The third kappa shape index (κ3) is 5.27. The normalized spacial score (nSPS) is 10.9. The Labute approximate surface area is 166 Å². The fourth-order valence-corrected chi connectivity index (χ4v) is 2.58. The molecule has 0 radical (unpaired) electrons. The van der Waals surface area contributed by atoms with Crippen molar-refractivity contribution in [3.63, 3.8) is 0 Å². The number of nitrogens with zero attached hydrogens (tertiary/aromatic N) is 1. The maximum atomic E-state index is 13.7. The summed E-state index contributed by atoms with van der Waals surface area (Å²) in [4.78, 5) is 12.4. The van der Waals surface area contributed by atoms with Gasteiger partial charge in [-0.15, -0.1) is 0 Å². The SMILES string of the molecule is N#C/C(=C/c1ccccc1OCc1cccc(F)c1)C(=O)Nc1ccccc1F. The zero-order valence-corrected chi connectivity index (χ0v) is 15.2. The zero-order chi connectivity index (χ0) is 20.6. The Morgan fingerprint density at radius 1 is 1.03 bits per heavy atom. The molecule has 0 saturated heterocycles. The molecule has 0 aromatic heterocycles. The van der Waals surface area contributed by atoms with Gasteiger partial charge in [-0.05, 0) is 42.0 Å². The van der Waals surface area contributed by atoms with Crippen molar-refractivity contribution in [1.29, 1.82) is 5.26 Å². The number of amides is 1. The van der Waals surface area contributed by atoms with Gasteiger partial charge in [-0.25, -0.2) is 8.78 Å². The van der Waals surface area contributed by atoms with Crippen LogP contribution in [-0.4, -0.2) is 5.91 Å². The van der Waals surface area contributed by atoms with E-state index in [1.807, 2.05) is 6.07 Å². The molecule has 6 heteroatoms. The Morgan fingerprint density at radius 2 is 1.79 bits per heavy atom. The fourth-order valence-electron chi connectivity index (χ4n) is 2.58. The van der Waals surface area contributed by atoms with E-state index in [0.29, 0.717) is 16.9 Å². The minimum absolute atomic E-state index is 0.0192. The number of carbonyl (C=O) groups excluding carboxylic acids is 1. The van der Waals surface area contributed by atoms with Crippen molar-refractivity contribution in [3.8, 4) is 11.8 Å². The van der Waals surface area contributed by atoms with Crippen LogP contribution in [0.15, 0.2) is 78.4 Å². The van der Waals surface area contributed by atoms with Gasteiger partial charge < -0.3 is 10.1 Å². The van der Waals surface area contributed by atoms with Crippen molar-refractivity contribution in [2.75, 3.05) is 5.32 Å². The van der Waals surface area contributed by atoms with Crippen molar-refractivity contribution >= 4 is 17.7 Å². The first-order valence-electron chi connectivity index (χ1n) is 8.71. The Kier molecular flexibility index (Phi) is 6.33. The molecule has 0 heterocycles. The van der Waals surface area contributed by atoms with Gasteiger partial charge in [0.25, 0.3) is 5.91 Å². The molecule has 1 amide bonds. The number of hydrogen-bond donors (Lipinski definition) is 1. The number of rotatable bonds is 6. The third-order valence-electron chi connectivity index (χ3n) is 3.99. The second-order valence-corrected chi connectivity index (χ2v) is 6.06. The van der Waals surface area contributed by atoms with E-state index in [-0.39, 0.29) is 23.7 Å². The molecule has 3 aromatic carbocycles. The van der Waals surface area contributed by atoms with Gasteiger partial charge >= 0.3 is 0 Å². The summed E-state index contributed by atoms with van der Waals surface area (Å²) in [6, 6.07) is 20.3. The Bertz CT molecular complexity index is 1100. The highest BCUT2D eigenvalue weighted by Crippen LogP contribution is 2.23. The summed E-state index contributed by atoms with van der Waals surface area (Å²) in [5.41, 5.74) is 0.898. The highest BCUT2D eigenvalue weighted by molar-refractivity contribution is 6.09. The molecular weight excluding hydrogens is 374 g/mol. The standard InChI is InChI=1S/C23H16F2N2O2/c24-19-8-5-6-16(12-19)15-29-22-11-4-1-7-17(22)13-18(14-26)23(28)27-21-10-3-2-9-20(21)25/h1-13H,15H2,(H,27,28)/b18-13-. The van der Waals surface area contributed by atoms with Crippen LogP contribution in [0.1, 0.15) is 11.1 Å². The predicted octanol–water partition coefficient (Wildman–Crippen LogP) is 5.09. The van der Waals surface area contributed by atoms with Crippen molar-refractivity contribution in [3.05, 3.63) is 101 Å². The molecule has 0 aliphatic rings. The van der Waals surface area contributed by atoms with Crippen LogP contribution in [0.5, 0.6) is 5.75 Å². The van der Waals surface area contributed by atoms with Crippen molar-refractivity contribution in [2.45, 2.75) is 6.61 Å². The molecule has 3 rings (SSSR count). The van der Waals surface area contributed by atoms with E-state index in [1.54, 1.807) is 42.5 Å². The van der Waals surface area contributed by atoms with Gasteiger partial charge in [-0.1, -0.05) is 42.5 Å². The monoisotopic (exact) mass is 390 g/mol. The lowest BCUT2D eigenvalue weighted by Gasteiger charge is -2.10. The quantitative estimate of drug-likeness (QED) is 0.471. The summed E-state index contributed by atoms with van der Waals surface area (Å²) in [5, 5.41) is 11.8. The maximum Gasteiger partial charge on any atom is 0.266 e. The molecule has 0 unspecified atom stereocenters. The molecule has 0 fully saturated rings. The molecule has 0 aliphatic heterocycles. The highest BCUT2D eigenvalue weighted by Gasteiger charge is 2.13. The molecule has 0 bridgehead atoms. The number of halogens is 2. The second-order valence-electron chi connectivity index (χ2n) is 6.06. The molecule has 29 heavy (non-hydrogen) atoms. The maximum absolute atomic E-state index is 13.7. The van der Waals surface area contributed by atoms with Crippen molar-refractivity contribution < 1.29 is 18.3 Å². The minimum atomic E-state index is -0.738. The van der Waals surface area contributed by atoms with Crippen molar-refractivity contribution in [2.24, 2.45) is 0 Å². The molecule has 0 spiro atoms. The lowest BCUT2D eigenvalue weighted by molar-refractivity contribution is -0.112. The average molecular weight is 390 g/mol. The van der Waals surface area contributed by atoms with E-state index in [1.165, 1.54) is 36.4 Å². The van der Waals surface area contributed by atoms with E-state index < -0.39 is 11.7 Å². The Morgan fingerprint density at radius 3 is 2.55 bits per heavy atom. The van der Waals surface area contributed by atoms with Crippen LogP contribution in [0, 0.1) is 23.0 Å². The number of anilines is 1. The van der Waals surface area contributed by atoms with Crippen LogP contribution in [0.4, 0.5) is 14.5 Å². The molecule has 3 aromatic rings. The Balaban J connectivity index is 1.80. The topological polar surface area (TPSA) is 62.1 Å². The second kappa shape index (κ2) is 9.29. The number of ether oxygens (including phenoxy) is 1. The number of hydrogen-bond acceptors (Lipinski definition) is 3. The van der Waals surface area contributed by atoms with Crippen LogP contribution >= 0.6 is 0 Å². The summed E-state index contributed by atoms with van der Waals surface area (Å²) < 4.78 is 32.8. The molecular formula is C23H16F2N2O2. The predicted molar refractivity (Wildman–Crippen MR) is 106 cm³/mol. The Hall–Kier alpha value is -3.98. The molecule has 1 N–H and O–H groups in total. The van der Waals surface area contributed by atoms with Gasteiger partial charge in [-0.2, -0.15) is 5.26 Å². The number of benzene rings is 3. The van der Waals surface area contributed by atoms with E-state index in [4.69, 9.17) is 4.74 Å². The zero-order valence-electron chi connectivity index (χ0n) is 15.2. The lowest BCUT2D eigenvalue weighted by atomic mass is 10.1. The van der Waals surface area contributed by atoms with Crippen LogP contribution in [0.25, 0.3) is 6.08 Å². The fraction of sp³-hybridized carbons (Fsp3) is 0.0435. The van der Waals surface area contributed by atoms with Gasteiger partial charge in [0.2, 0.25) is 0 Å². The first-order chi connectivity index (χ1) is 14.1. The molecule has 144 valence electrons. The lowest BCUT2D eigenvalue weighted by Crippen LogP contribution is -2.14. The average Bonchev–Trinajstić information content (AvgIpc) is 2.73. The van der Waals surface area contributed by atoms with Gasteiger partial charge in [0.05, 0.1) is 5.69 Å². The number of para-hydroxylation sites is 2. The van der Waals surface area contributed by atoms with Gasteiger partial charge in [-0.3, -0.25) is 4.79 Å². The van der Waals surface area contributed by atoms with Gasteiger partial charge in [0.15, 0.2) is 0 Å². The summed E-state index contributed by atoms with van der Waals surface area (Å²) >= 11 is 0. The van der Waals surface area contributed by atoms with E-state index >= 15 is 0 Å². The molecule has 0 atom stereocenters. The minimum Gasteiger partial charge on any atom is -0.488 e. The van der Waals surface area contributed by atoms with E-state index in [0.717, 1.165) is 0 Å². The number of carbonyl (C=O) groups is 1. The van der Waals surface area contributed by atoms with Gasteiger partial charge in [0, 0.05) is 5.56 Å². The summed E-state index contributed by atoms with van der Waals surface area (Å²) in [7, 11) is 0. The van der Waals surface area contributed by atoms with Crippen LogP contribution in [0.3, 0.4) is 0 Å². The molecule has 0 saturated carbocycles. The van der Waals surface area contributed by atoms with E-state index in [9.17, 15) is 18.8 Å². The largest absolute Gasteiger partial charge is 0.488 e. The molecule has 4 nitrogen and oxygen atoms in total. The summed E-state index contributed by atoms with van der Waals surface area (Å²) in [6.45, 7) is 0.117. The first-order valence-corrected chi connectivity index (χ1v) is 8.71. The van der Waals surface area contributed by atoms with Crippen LogP contribution in [-0.2, 0) is 11.4 Å². The number of nitrogens with one attached hydrogen (secondary N) is 1. The van der Waals surface area contributed by atoms with Gasteiger partial charge in [0.1, 0.15) is 35.6 Å². The smallest absolute Gasteiger partial charge is 0.266 e. The highest BCUT2D eigenvalue weighted by atomic mass is 19.1. The van der Waals surface area contributed by atoms with Crippen molar-refractivity contribution in [1.82, 2.24) is 0 Å². The number of nitriles is 1. The third-order valence-corrected chi connectivity index (χ3v) is 3.99. The van der Waals surface area contributed by atoms with Crippen LogP contribution in [0.2, 0.25) is 0 Å².